The molecular formula is C10H2BrClF3NO3. The van der Waals surface area contributed by atoms with E-state index in [1.807, 2.05) is 0 Å². The minimum atomic E-state index is -1.51. The third kappa shape index (κ3) is 2.21. The molecule has 0 aliphatic heterocycles. The van der Waals surface area contributed by atoms with Gasteiger partial charge in [0.05, 0.1) is 15.1 Å². The van der Waals surface area contributed by atoms with Gasteiger partial charge in [0, 0.05) is 6.07 Å². The van der Waals surface area contributed by atoms with Gasteiger partial charge in [-0.25, -0.2) is 18.0 Å². The highest BCUT2D eigenvalue weighted by Gasteiger charge is 2.26. The molecule has 0 bridgehead atoms. The number of rotatable bonds is 2. The molecule has 2 aromatic rings. The Bertz CT molecular complexity index is 660. The summed E-state index contributed by atoms with van der Waals surface area (Å²) in [4.78, 5) is 10.6. The lowest BCUT2D eigenvalue weighted by atomic mass is 10.1. The quantitative estimate of drug-likeness (QED) is 0.655. The number of halogens is 5. The zero-order chi connectivity index (χ0) is 14.3. The summed E-state index contributed by atoms with van der Waals surface area (Å²) >= 11 is 8.05. The molecule has 0 aliphatic carbocycles. The fourth-order valence-electron chi connectivity index (χ4n) is 1.32. The summed E-state index contributed by atoms with van der Waals surface area (Å²) < 4.78 is 44.4. The molecule has 1 aromatic carbocycles. The molecular weight excluding hydrogens is 354 g/mol. The Morgan fingerprint density at radius 2 is 1.95 bits per heavy atom. The van der Waals surface area contributed by atoms with E-state index in [0.717, 1.165) is 6.07 Å². The number of carbonyl (C=O) groups is 1. The van der Waals surface area contributed by atoms with Crippen molar-refractivity contribution in [3.63, 3.8) is 0 Å². The van der Waals surface area contributed by atoms with Crippen LogP contribution >= 0.6 is 27.5 Å². The second-order valence-corrected chi connectivity index (χ2v) is 4.50. The molecule has 0 radical (unpaired) electrons. The summed E-state index contributed by atoms with van der Waals surface area (Å²) in [5.74, 6) is -6.16. The van der Waals surface area contributed by atoms with Crippen molar-refractivity contribution in [1.82, 2.24) is 5.16 Å². The Kier molecular flexibility index (Phi) is 3.55. The van der Waals surface area contributed by atoms with Gasteiger partial charge in [0.2, 0.25) is 0 Å². The highest BCUT2D eigenvalue weighted by atomic mass is 79.9. The maximum Gasteiger partial charge on any atom is 0.358 e. The molecule has 0 unspecified atom stereocenters. The zero-order valence-corrected chi connectivity index (χ0v) is 11.0. The molecule has 0 saturated carbocycles. The molecule has 100 valence electrons. The van der Waals surface area contributed by atoms with E-state index in [-0.39, 0.29) is 0 Å². The Balaban J connectivity index is 2.71. The van der Waals surface area contributed by atoms with Crippen LogP contribution in [0.2, 0.25) is 5.02 Å². The lowest BCUT2D eigenvalue weighted by Crippen LogP contribution is -1.97. The number of aromatic carboxylic acids is 1. The van der Waals surface area contributed by atoms with Crippen molar-refractivity contribution >= 4 is 33.5 Å². The number of nitrogens with zero attached hydrogens (tertiary/aromatic N) is 1. The van der Waals surface area contributed by atoms with Crippen LogP contribution in [0.5, 0.6) is 0 Å². The third-order valence-electron chi connectivity index (χ3n) is 2.19. The van der Waals surface area contributed by atoms with Gasteiger partial charge in [-0.1, -0.05) is 16.8 Å². The van der Waals surface area contributed by atoms with Gasteiger partial charge in [0.1, 0.15) is 0 Å². The van der Waals surface area contributed by atoms with Crippen molar-refractivity contribution in [1.29, 1.82) is 0 Å². The van der Waals surface area contributed by atoms with Crippen LogP contribution in [0.1, 0.15) is 10.5 Å². The molecule has 4 nitrogen and oxygen atoms in total. The molecule has 1 N–H and O–H groups in total. The number of benzene rings is 1. The molecule has 2 rings (SSSR count). The average Bonchev–Trinajstić information content (AvgIpc) is 2.84. The van der Waals surface area contributed by atoms with Gasteiger partial charge in [-0.05, 0) is 15.9 Å². The predicted molar refractivity (Wildman–Crippen MR) is 61.5 cm³/mol. The van der Waals surface area contributed by atoms with Gasteiger partial charge in [0.25, 0.3) is 0 Å². The standard InChI is InChI=1S/C10H2BrClF3NO3/c11-5-8(14)6(12)4(7(13)9(5)15)3-1-2(10(17)18)16-19-3/h1H,(H,17,18). The number of carboxylic acid groups (broad SMARTS) is 1. The maximum absolute atomic E-state index is 13.7. The first-order valence-electron chi connectivity index (χ1n) is 4.56. The Labute approximate surface area is 116 Å². The average molecular weight is 356 g/mol. The summed E-state index contributed by atoms with van der Waals surface area (Å²) in [6.07, 6.45) is 0. The molecule has 0 saturated heterocycles. The molecule has 19 heavy (non-hydrogen) atoms. The maximum atomic E-state index is 13.7. The molecule has 0 aliphatic rings. The van der Waals surface area contributed by atoms with Crippen LogP contribution in [0.25, 0.3) is 11.3 Å². The molecule has 0 fully saturated rings. The first-order valence-corrected chi connectivity index (χ1v) is 5.73. The first-order chi connectivity index (χ1) is 8.84. The highest BCUT2D eigenvalue weighted by molar-refractivity contribution is 9.10. The molecule has 1 heterocycles. The van der Waals surface area contributed by atoms with Gasteiger partial charge < -0.3 is 9.63 Å². The predicted octanol–water partition coefficient (Wildman–Crippen LogP) is 3.87. The van der Waals surface area contributed by atoms with E-state index < -0.39 is 49.9 Å². The van der Waals surface area contributed by atoms with Gasteiger partial charge in [-0.15, -0.1) is 0 Å². The van der Waals surface area contributed by atoms with E-state index in [1.54, 1.807) is 0 Å². The number of aromatic nitrogens is 1. The SMILES string of the molecule is O=C(O)c1cc(-c2c(F)c(F)c(Br)c(F)c2Cl)on1. The van der Waals surface area contributed by atoms with Gasteiger partial charge in [0.15, 0.2) is 28.9 Å². The minimum Gasteiger partial charge on any atom is -0.476 e. The Morgan fingerprint density at radius 3 is 2.47 bits per heavy atom. The van der Waals surface area contributed by atoms with E-state index in [0.29, 0.717) is 0 Å². The second kappa shape index (κ2) is 4.86. The zero-order valence-electron chi connectivity index (χ0n) is 8.68. The summed E-state index contributed by atoms with van der Waals surface area (Å²) in [6.45, 7) is 0. The van der Waals surface area contributed by atoms with E-state index in [1.165, 1.54) is 0 Å². The second-order valence-electron chi connectivity index (χ2n) is 3.33. The lowest BCUT2D eigenvalue weighted by molar-refractivity contribution is 0.0686. The Morgan fingerprint density at radius 1 is 1.32 bits per heavy atom. The van der Waals surface area contributed by atoms with Crippen LogP contribution in [0, 0.1) is 17.5 Å². The molecule has 1 aromatic heterocycles. The number of carboxylic acids is 1. The van der Waals surface area contributed by atoms with E-state index in [4.69, 9.17) is 16.7 Å². The summed E-state index contributed by atoms with van der Waals surface area (Å²) in [5.41, 5.74) is -1.28. The first kappa shape index (κ1) is 13.9. The fraction of sp³-hybridized carbons (Fsp3) is 0. The summed E-state index contributed by atoms with van der Waals surface area (Å²) in [5, 5.41) is 11.0. The van der Waals surface area contributed by atoms with Crippen LogP contribution in [-0.2, 0) is 0 Å². The van der Waals surface area contributed by atoms with Crippen molar-refractivity contribution in [2.75, 3.05) is 0 Å². The number of hydrogen-bond acceptors (Lipinski definition) is 3. The van der Waals surface area contributed by atoms with Crippen molar-refractivity contribution in [2.45, 2.75) is 0 Å². The molecule has 0 spiro atoms. The smallest absolute Gasteiger partial charge is 0.358 e. The van der Waals surface area contributed by atoms with E-state index >= 15 is 0 Å². The summed E-state index contributed by atoms with van der Waals surface area (Å²) in [7, 11) is 0. The fourth-order valence-corrected chi connectivity index (χ4v) is 2.07. The topological polar surface area (TPSA) is 63.3 Å². The third-order valence-corrected chi connectivity index (χ3v) is 3.24. The Hall–Kier alpha value is -1.54. The molecule has 9 heteroatoms. The van der Waals surface area contributed by atoms with Crippen molar-refractivity contribution in [3.8, 4) is 11.3 Å². The van der Waals surface area contributed by atoms with Crippen LogP contribution < -0.4 is 0 Å². The van der Waals surface area contributed by atoms with Crippen molar-refractivity contribution in [2.24, 2.45) is 0 Å². The minimum absolute atomic E-state index is 0.495. The van der Waals surface area contributed by atoms with Gasteiger partial charge in [-0.3, -0.25) is 0 Å². The van der Waals surface area contributed by atoms with Gasteiger partial charge >= 0.3 is 5.97 Å². The van der Waals surface area contributed by atoms with Crippen LogP contribution in [0.15, 0.2) is 15.1 Å². The normalized spacial score (nSPS) is 10.8. The van der Waals surface area contributed by atoms with E-state index in [9.17, 15) is 18.0 Å². The highest BCUT2D eigenvalue weighted by Crippen LogP contribution is 2.38. The van der Waals surface area contributed by atoms with Crippen LogP contribution in [0.3, 0.4) is 0 Å². The molecule has 0 amide bonds. The van der Waals surface area contributed by atoms with Crippen LogP contribution in [-0.4, -0.2) is 16.2 Å². The monoisotopic (exact) mass is 355 g/mol. The number of hydrogen-bond donors (Lipinski definition) is 1. The summed E-state index contributed by atoms with van der Waals surface area (Å²) in [6, 6.07) is 0.805. The lowest BCUT2D eigenvalue weighted by Gasteiger charge is -2.06. The molecule has 0 atom stereocenters. The van der Waals surface area contributed by atoms with Gasteiger partial charge in [-0.2, -0.15) is 0 Å². The van der Waals surface area contributed by atoms with E-state index in [2.05, 4.69) is 25.6 Å². The van der Waals surface area contributed by atoms with Crippen molar-refractivity contribution in [3.05, 3.63) is 38.7 Å². The van der Waals surface area contributed by atoms with Crippen LogP contribution in [0.4, 0.5) is 13.2 Å². The largest absolute Gasteiger partial charge is 0.476 e. The van der Waals surface area contributed by atoms with Crippen molar-refractivity contribution < 1.29 is 27.6 Å².